The van der Waals surface area contributed by atoms with Crippen LogP contribution in [0, 0.1) is 20.8 Å². The van der Waals surface area contributed by atoms with E-state index in [0.717, 1.165) is 15.6 Å². The van der Waals surface area contributed by atoms with E-state index in [-0.39, 0.29) is 10.9 Å². The van der Waals surface area contributed by atoms with Gasteiger partial charge in [-0.05, 0) is 27.7 Å². The Bertz CT molecular complexity index is 619. The van der Waals surface area contributed by atoms with Gasteiger partial charge in [0.05, 0.1) is 22.4 Å². The van der Waals surface area contributed by atoms with Gasteiger partial charge in [0.15, 0.2) is 5.13 Å². The molecule has 2 heterocycles. The number of carbonyl (C=O) groups is 1. The van der Waals surface area contributed by atoms with E-state index in [0.29, 0.717) is 10.8 Å². The van der Waals surface area contributed by atoms with Crippen molar-refractivity contribution in [3.63, 3.8) is 0 Å². The fourth-order valence-corrected chi connectivity index (χ4v) is 3.68. The van der Waals surface area contributed by atoms with E-state index in [4.69, 9.17) is 5.11 Å². The average Bonchev–Trinajstić information content (AvgIpc) is 2.81. The molecule has 2 aromatic heterocycles. The summed E-state index contributed by atoms with van der Waals surface area (Å²) in [5, 5.41) is 13.9. The van der Waals surface area contributed by atoms with Crippen molar-refractivity contribution in [2.24, 2.45) is 0 Å². The smallest absolute Gasteiger partial charge is 0.347 e. The van der Waals surface area contributed by atoms with Gasteiger partial charge >= 0.3 is 5.97 Å². The van der Waals surface area contributed by atoms with E-state index in [1.54, 1.807) is 18.3 Å². The maximum atomic E-state index is 11.0. The van der Waals surface area contributed by atoms with Crippen molar-refractivity contribution in [3.05, 3.63) is 26.1 Å². The molecule has 0 bridgehead atoms. The van der Waals surface area contributed by atoms with Crippen LogP contribution in [0.5, 0.6) is 0 Å². The Morgan fingerprint density at radius 2 is 1.89 bits per heavy atom. The molecule has 0 aliphatic rings. The number of rotatable bonds is 4. The standard InChI is InChI=1S/C12H15N3O2S2/c1-5-9(18-8(4)13-5)6(2)14-12-15-7(3)10(19-12)11(16)17/h6H,1-4H3,(H,14,15)(H,16,17). The molecule has 2 aromatic rings. The van der Waals surface area contributed by atoms with Gasteiger partial charge in [0.1, 0.15) is 4.88 Å². The second kappa shape index (κ2) is 5.26. The second-order valence-corrected chi connectivity index (χ2v) is 6.52. The number of nitrogens with zero attached hydrogens (tertiary/aromatic N) is 2. The number of aromatic carboxylic acids is 1. The predicted molar refractivity (Wildman–Crippen MR) is 77.4 cm³/mol. The summed E-state index contributed by atoms with van der Waals surface area (Å²) in [5.74, 6) is -0.930. The SMILES string of the molecule is Cc1nc(C)c(C(C)Nc2nc(C)c(C(=O)O)s2)s1. The molecule has 1 atom stereocenters. The maximum absolute atomic E-state index is 11.0. The van der Waals surface area contributed by atoms with E-state index in [1.807, 2.05) is 20.8 Å². The minimum absolute atomic E-state index is 0.0680. The number of carboxylic acid groups (broad SMARTS) is 1. The van der Waals surface area contributed by atoms with Crippen molar-refractivity contribution in [2.75, 3.05) is 5.32 Å². The summed E-state index contributed by atoms with van der Waals surface area (Å²) >= 11 is 2.81. The molecular weight excluding hydrogens is 282 g/mol. The average molecular weight is 297 g/mol. The highest BCUT2D eigenvalue weighted by atomic mass is 32.1. The normalized spacial score (nSPS) is 12.4. The molecule has 0 aliphatic carbocycles. The number of nitrogens with one attached hydrogen (secondary N) is 1. The zero-order valence-electron chi connectivity index (χ0n) is 11.1. The van der Waals surface area contributed by atoms with Crippen LogP contribution in [-0.4, -0.2) is 21.0 Å². The number of thiazole rings is 2. The molecule has 0 aliphatic heterocycles. The highest BCUT2D eigenvalue weighted by molar-refractivity contribution is 7.17. The van der Waals surface area contributed by atoms with Crippen molar-refractivity contribution >= 4 is 33.8 Å². The first-order valence-corrected chi connectivity index (χ1v) is 7.43. The number of hydrogen-bond acceptors (Lipinski definition) is 6. The van der Waals surface area contributed by atoms with Gasteiger partial charge in [0.2, 0.25) is 0 Å². The zero-order valence-corrected chi connectivity index (χ0v) is 12.8. The Labute approximate surface area is 119 Å². The van der Waals surface area contributed by atoms with Gasteiger partial charge in [-0.15, -0.1) is 11.3 Å². The maximum Gasteiger partial charge on any atom is 0.347 e. The highest BCUT2D eigenvalue weighted by Gasteiger charge is 2.17. The van der Waals surface area contributed by atoms with Gasteiger partial charge in [-0.25, -0.2) is 14.8 Å². The number of anilines is 1. The first kappa shape index (κ1) is 14.0. The van der Waals surface area contributed by atoms with Gasteiger partial charge < -0.3 is 10.4 Å². The lowest BCUT2D eigenvalue weighted by atomic mass is 10.2. The summed E-state index contributed by atoms with van der Waals surface area (Å²) in [4.78, 5) is 21.1. The highest BCUT2D eigenvalue weighted by Crippen LogP contribution is 2.30. The topological polar surface area (TPSA) is 75.1 Å². The lowest BCUT2D eigenvalue weighted by molar-refractivity contribution is 0.0701. The van der Waals surface area contributed by atoms with Crippen molar-refractivity contribution in [3.8, 4) is 0 Å². The van der Waals surface area contributed by atoms with E-state index in [1.165, 1.54) is 11.3 Å². The molecule has 2 rings (SSSR count). The first-order valence-electron chi connectivity index (χ1n) is 5.79. The third kappa shape index (κ3) is 2.93. The van der Waals surface area contributed by atoms with Crippen LogP contribution in [-0.2, 0) is 0 Å². The van der Waals surface area contributed by atoms with E-state index in [9.17, 15) is 4.79 Å². The molecule has 5 nitrogen and oxygen atoms in total. The summed E-state index contributed by atoms with van der Waals surface area (Å²) in [6.07, 6.45) is 0. The summed E-state index contributed by atoms with van der Waals surface area (Å²) < 4.78 is 0. The largest absolute Gasteiger partial charge is 0.477 e. The van der Waals surface area contributed by atoms with Gasteiger partial charge in [-0.3, -0.25) is 0 Å². The Balaban J connectivity index is 2.19. The Morgan fingerprint density at radius 1 is 1.21 bits per heavy atom. The summed E-state index contributed by atoms with van der Waals surface area (Å²) in [7, 11) is 0. The van der Waals surface area contributed by atoms with Crippen LogP contribution in [0.3, 0.4) is 0 Å². The molecule has 0 fully saturated rings. The number of aryl methyl sites for hydroxylation is 3. The Hall–Kier alpha value is -1.47. The van der Waals surface area contributed by atoms with Crippen LogP contribution in [0.15, 0.2) is 0 Å². The van der Waals surface area contributed by atoms with Crippen LogP contribution in [0.25, 0.3) is 0 Å². The minimum Gasteiger partial charge on any atom is -0.477 e. The van der Waals surface area contributed by atoms with Gasteiger partial charge in [0.25, 0.3) is 0 Å². The molecule has 1 unspecified atom stereocenters. The molecule has 19 heavy (non-hydrogen) atoms. The zero-order chi connectivity index (χ0) is 14.2. The molecule has 0 saturated carbocycles. The summed E-state index contributed by atoms with van der Waals surface area (Å²) in [6.45, 7) is 7.69. The molecule has 2 N–H and O–H groups in total. The molecule has 0 aromatic carbocycles. The molecule has 102 valence electrons. The van der Waals surface area contributed by atoms with Crippen molar-refractivity contribution in [1.82, 2.24) is 9.97 Å². The monoisotopic (exact) mass is 297 g/mol. The molecule has 7 heteroatoms. The van der Waals surface area contributed by atoms with Crippen LogP contribution in [0.1, 0.15) is 43.9 Å². The summed E-state index contributed by atoms with van der Waals surface area (Å²) in [6, 6.07) is 0.0680. The second-order valence-electron chi connectivity index (χ2n) is 4.29. The fraction of sp³-hybridized carbons (Fsp3) is 0.417. The van der Waals surface area contributed by atoms with Gasteiger partial charge in [0, 0.05) is 4.88 Å². The first-order chi connectivity index (χ1) is 8.88. The fourth-order valence-electron chi connectivity index (χ4n) is 1.86. The molecule has 0 saturated heterocycles. The lowest BCUT2D eigenvalue weighted by Gasteiger charge is -2.11. The van der Waals surface area contributed by atoms with E-state index < -0.39 is 5.97 Å². The quantitative estimate of drug-likeness (QED) is 0.904. The third-order valence-corrected chi connectivity index (χ3v) is 5.00. The van der Waals surface area contributed by atoms with Crippen LogP contribution >= 0.6 is 22.7 Å². The Kier molecular flexibility index (Phi) is 3.86. The van der Waals surface area contributed by atoms with Crippen LogP contribution in [0.4, 0.5) is 5.13 Å². The Morgan fingerprint density at radius 3 is 2.37 bits per heavy atom. The van der Waals surface area contributed by atoms with Crippen LogP contribution < -0.4 is 5.32 Å². The predicted octanol–water partition coefficient (Wildman–Crippen LogP) is 3.40. The van der Waals surface area contributed by atoms with Crippen molar-refractivity contribution in [1.29, 1.82) is 0 Å². The lowest BCUT2D eigenvalue weighted by Crippen LogP contribution is -2.05. The molecule has 0 amide bonds. The van der Waals surface area contributed by atoms with Gasteiger partial charge in [-0.2, -0.15) is 0 Å². The van der Waals surface area contributed by atoms with E-state index >= 15 is 0 Å². The number of hydrogen-bond donors (Lipinski definition) is 2. The molecular formula is C12H15N3O2S2. The van der Waals surface area contributed by atoms with Crippen molar-refractivity contribution < 1.29 is 9.90 Å². The molecule has 0 spiro atoms. The van der Waals surface area contributed by atoms with Gasteiger partial charge in [-0.1, -0.05) is 11.3 Å². The van der Waals surface area contributed by atoms with Crippen molar-refractivity contribution in [2.45, 2.75) is 33.7 Å². The van der Waals surface area contributed by atoms with E-state index in [2.05, 4.69) is 15.3 Å². The number of aromatic nitrogens is 2. The minimum atomic E-state index is -0.930. The van der Waals surface area contributed by atoms with Crippen LogP contribution in [0.2, 0.25) is 0 Å². The summed E-state index contributed by atoms with van der Waals surface area (Å²) in [5.41, 5.74) is 1.55. The molecule has 0 radical (unpaired) electrons. The third-order valence-electron chi connectivity index (χ3n) is 2.66. The number of carboxylic acids is 1.